The third-order valence-electron chi connectivity index (χ3n) is 4.08. The van der Waals surface area contributed by atoms with Crippen LogP contribution in [0.2, 0.25) is 0 Å². The predicted molar refractivity (Wildman–Crippen MR) is 64.6 cm³/mol. The van der Waals surface area contributed by atoms with Gasteiger partial charge in [-0.1, -0.05) is 0 Å². The van der Waals surface area contributed by atoms with Crippen molar-refractivity contribution in [1.29, 1.82) is 0 Å². The number of carbonyl (C=O) groups is 1. The minimum absolute atomic E-state index is 0.0969. The molecule has 4 nitrogen and oxygen atoms in total. The number of carbonyl (C=O) groups excluding carboxylic acids is 1. The van der Waals surface area contributed by atoms with Gasteiger partial charge in [-0.05, 0) is 57.3 Å². The second kappa shape index (κ2) is 4.16. The number of nitrogens with one attached hydrogen (secondary N) is 1. The molecule has 3 aliphatic carbocycles. The minimum atomic E-state index is -0.448. The zero-order valence-electron chi connectivity index (χ0n) is 11.0. The lowest BCUT2D eigenvalue weighted by molar-refractivity contribution is 0.0225. The fourth-order valence-corrected chi connectivity index (χ4v) is 3.32. The Hall–Kier alpha value is -0.770. The Balaban J connectivity index is 1.78. The van der Waals surface area contributed by atoms with Crippen LogP contribution in [-0.4, -0.2) is 30.0 Å². The van der Waals surface area contributed by atoms with E-state index in [0.717, 1.165) is 25.2 Å². The molecule has 2 bridgehead atoms. The molecule has 1 unspecified atom stereocenters. The van der Waals surface area contributed by atoms with E-state index in [1.165, 1.54) is 0 Å². The molecule has 4 heteroatoms. The number of rotatable bonds is 3. The number of hydrogen-bond donors (Lipinski definition) is 2. The zero-order chi connectivity index (χ0) is 12.7. The molecule has 0 radical (unpaired) electrons. The quantitative estimate of drug-likeness (QED) is 0.793. The smallest absolute Gasteiger partial charge is 0.407 e. The fraction of sp³-hybridized carbons (Fsp3) is 0.923. The molecular weight excluding hydrogens is 218 g/mol. The van der Waals surface area contributed by atoms with Crippen LogP contribution >= 0.6 is 0 Å². The molecule has 1 amide bonds. The molecule has 0 aromatic carbocycles. The highest BCUT2D eigenvalue weighted by molar-refractivity contribution is 5.67. The first-order valence-electron chi connectivity index (χ1n) is 6.42. The molecule has 3 aliphatic rings. The van der Waals surface area contributed by atoms with Crippen LogP contribution in [0, 0.1) is 17.3 Å². The van der Waals surface area contributed by atoms with E-state index in [0.29, 0.717) is 12.5 Å². The monoisotopic (exact) mass is 241 g/mol. The first-order chi connectivity index (χ1) is 7.85. The van der Waals surface area contributed by atoms with E-state index in [4.69, 9.17) is 4.74 Å². The van der Waals surface area contributed by atoms with Crippen molar-refractivity contribution in [2.24, 2.45) is 17.3 Å². The summed E-state index contributed by atoms with van der Waals surface area (Å²) in [6, 6.07) is 0. The summed E-state index contributed by atoms with van der Waals surface area (Å²) in [7, 11) is 0. The Morgan fingerprint density at radius 2 is 2.12 bits per heavy atom. The van der Waals surface area contributed by atoms with Crippen LogP contribution in [0.3, 0.4) is 0 Å². The Morgan fingerprint density at radius 1 is 1.47 bits per heavy atom. The molecule has 1 atom stereocenters. The van der Waals surface area contributed by atoms with Gasteiger partial charge in [0.2, 0.25) is 0 Å². The second-order valence-electron chi connectivity index (χ2n) is 6.61. The van der Waals surface area contributed by atoms with Crippen molar-refractivity contribution in [3.63, 3.8) is 0 Å². The number of alkyl carbamates (subject to hydrolysis) is 1. The normalized spacial score (nSPS) is 35.3. The average molecular weight is 241 g/mol. The highest BCUT2D eigenvalue weighted by Crippen LogP contribution is 2.61. The van der Waals surface area contributed by atoms with E-state index in [9.17, 15) is 9.90 Å². The van der Waals surface area contributed by atoms with Crippen molar-refractivity contribution in [3.05, 3.63) is 0 Å². The summed E-state index contributed by atoms with van der Waals surface area (Å²) in [5, 5.41) is 12.3. The summed E-state index contributed by atoms with van der Waals surface area (Å²) in [6.07, 6.45) is 3.04. The van der Waals surface area contributed by atoms with E-state index in [1.54, 1.807) is 0 Å². The van der Waals surface area contributed by atoms with Crippen LogP contribution in [0.25, 0.3) is 0 Å². The number of fused-ring (bicyclic) bond motifs is 1. The summed E-state index contributed by atoms with van der Waals surface area (Å²) in [5.41, 5.74) is -0.351. The largest absolute Gasteiger partial charge is 0.444 e. The summed E-state index contributed by atoms with van der Waals surface area (Å²) in [6.45, 7) is 6.45. The molecule has 0 aromatic heterocycles. The highest BCUT2D eigenvalue weighted by atomic mass is 16.6. The van der Waals surface area contributed by atoms with Crippen LogP contribution in [0.15, 0.2) is 0 Å². The van der Waals surface area contributed by atoms with E-state index < -0.39 is 5.60 Å². The first-order valence-corrected chi connectivity index (χ1v) is 6.42. The van der Waals surface area contributed by atoms with Gasteiger partial charge < -0.3 is 15.2 Å². The molecular formula is C13H23NO3. The molecule has 0 aromatic rings. The fourth-order valence-electron chi connectivity index (χ4n) is 3.32. The van der Waals surface area contributed by atoms with Crippen molar-refractivity contribution in [1.82, 2.24) is 5.32 Å². The Bertz CT molecular complexity index is 302. The molecule has 0 spiro atoms. The number of hydrogen-bond acceptors (Lipinski definition) is 3. The summed E-state index contributed by atoms with van der Waals surface area (Å²) in [4.78, 5) is 11.5. The third-order valence-corrected chi connectivity index (χ3v) is 4.08. The van der Waals surface area contributed by atoms with Crippen LogP contribution in [0.1, 0.15) is 40.0 Å². The van der Waals surface area contributed by atoms with Crippen LogP contribution in [0.4, 0.5) is 4.79 Å². The third kappa shape index (κ3) is 2.57. The Morgan fingerprint density at radius 3 is 2.65 bits per heavy atom. The average Bonchev–Trinajstić information content (AvgIpc) is 2.64. The maximum absolute atomic E-state index is 11.5. The molecule has 3 rings (SSSR count). The van der Waals surface area contributed by atoms with E-state index >= 15 is 0 Å². The summed E-state index contributed by atoms with van der Waals surface area (Å²) >= 11 is 0. The van der Waals surface area contributed by atoms with Gasteiger partial charge in [0.15, 0.2) is 0 Å². The van der Waals surface area contributed by atoms with Gasteiger partial charge in [0.1, 0.15) is 5.60 Å². The SMILES string of the molecule is CC(C)(C)OC(=O)NCC1CC2CC1(CO)C2. The van der Waals surface area contributed by atoms with Crippen LogP contribution in [0.5, 0.6) is 0 Å². The summed E-state index contributed by atoms with van der Waals surface area (Å²) < 4.78 is 5.20. The van der Waals surface area contributed by atoms with Gasteiger partial charge in [0, 0.05) is 13.2 Å². The maximum Gasteiger partial charge on any atom is 0.407 e. The predicted octanol–water partition coefficient (Wildman–Crippen LogP) is 1.92. The second-order valence-corrected chi connectivity index (χ2v) is 6.61. The number of amides is 1. The molecule has 98 valence electrons. The zero-order valence-corrected chi connectivity index (χ0v) is 11.0. The molecule has 0 heterocycles. The number of aliphatic hydroxyl groups is 1. The van der Waals surface area contributed by atoms with Crippen molar-refractivity contribution in [2.45, 2.75) is 45.6 Å². The number of aliphatic hydroxyl groups excluding tert-OH is 1. The highest BCUT2D eigenvalue weighted by Gasteiger charge is 2.56. The van der Waals surface area contributed by atoms with Gasteiger partial charge in [0.25, 0.3) is 0 Å². The van der Waals surface area contributed by atoms with Gasteiger partial charge in [-0.15, -0.1) is 0 Å². The van der Waals surface area contributed by atoms with Gasteiger partial charge in [0.05, 0.1) is 0 Å². The molecule has 2 N–H and O–H groups in total. The van der Waals surface area contributed by atoms with Crippen molar-refractivity contribution in [3.8, 4) is 0 Å². The summed E-state index contributed by atoms with van der Waals surface area (Å²) in [5.74, 6) is 1.19. The lowest BCUT2D eigenvalue weighted by atomic mass is 9.67. The lowest BCUT2D eigenvalue weighted by Crippen LogP contribution is -2.41. The Kier molecular flexibility index (Phi) is 3.10. The lowest BCUT2D eigenvalue weighted by Gasteiger charge is -2.40. The van der Waals surface area contributed by atoms with Crippen molar-refractivity contribution in [2.75, 3.05) is 13.2 Å². The van der Waals surface area contributed by atoms with E-state index in [1.807, 2.05) is 20.8 Å². The number of ether oxygens (including phenoxy) is 1. The van der Waals surface area contributed by atoms with E-state index in [2.05, 4.69) is 5.32 Å². The maximum atomic E-state index is 11.5. The van der Waals surface area contributed by atoms with Crippen molar-refractivity contribution >= 4 is 6.09 Å². The van der Waals surface area contributed by atoms with Crippen molar-refractivity contribution < 1.29 is 14.6 Å². The van der Waals surface area contributed by atoms with Gasteiger partial charge >= 0.3 is 6.09 Å². The molecule has 3 saturated carbocycles. The molecule has 0 saturated heterocycles. The van der Waals surface area contributed by atoms with Crippen LogP contribution in [-0.2, 0) is 4.74 Å². The molecule has 0 aliphatic heterocycles. The standard InChI is InChI=1S/C13H23NO3/c1-12(2,3)17-11(16)14-7-10-4-9-5-13(10,6-9)8-15/h9-10,15H,4-8H2,1-3H3,(H,14,16). The van der Waals surface area contributed by atoms with Gasteiger partial charge in [-0.3, -0.25) is 0 Å². The first kappa shape index (κ1) is 12.7. The molecule has 17 heavy (non-hydrogen) atoms. The minimum Gasteiger partial charge on any atom is -0.444 e. The van der Waals surface area contributed by atoms with E-state index in [-0.39, 0.29) is 18.1 Å². The topological polar surface area (TPSA) is 58.6 Å². The van der Waals surface area contributed by atoms with Gasteiger partial charge in [-0.25, -0.2) is 4.79 Å². The molecule has 3 fully saturated rings. The Labute approximate surface area is 103 Å². The van der Waals surface area contributed by atoms with Gasteiger partial charge in [-0.2, -0.15) is 0 Å². The van der Waals surface area contributed by atoms with Crippen LogP contribution < -0.4 is 5.32 Å².